The van der Waals surface area contributed by atoms with Crippen molar-refractivity contribution in [1.82, 2.24) is 9.19 Å². The highest BCUT2D eigenvalue weighted by Crippen LogP contribution is 2.22. The van der Waals surface area contributed by atoms with Crippen molar-refractivity contribution in [3.63, 3.8) is 0 Å². The lowest BCUT2D eigenvalue weighted by molar-refractivity contribution is 0.0648. The van der Waals surface area contributed by atoms with Gasteiger partial charge in [0.15, 0.2) is 0 Å². The molecule has 1 aliphatic heterocycles. The SMILES string of the molecule is CC(C)CONS(=O)(=O)N1CC(C)CC(C)C1. The molecule has 0 amide bonds. The third-order valence-corrected chi connectivity index (χ3v) is 4.06. The molecule has 1 aliphatic rings. The van der Waals surface area contributed by atoms with Crippen LogP contribution in [0.15, 0.2) is 0 Å². The summed E-state index contributed by atoms with van der Waals surface area (Å²) in [5.41, 5.74) is 0. The standard InChI is InChI=1S/C11H24N2O3S/c1-9(2)8-16-12-17(14,15)13-6-10(3)5-11(4)7-13/h9-12H,5-8H2,1-4H3. The lowest BCUT2D eigenvalue weighted by atomic mass is 9.94. The van der Waals surface area contributed by atoms with Gasteiger partial charge in [0, 0.05) is 13.1 Å². The second-order valence-electron chi connectivity index (χ2n) is 5.56. The predicted octanol–water partition coefficient (Wildman–Crippen LogP) is 1.39. The summed E-state index contributed by atoms with van der Waals surface area (Å²) in [4.78, 5) is 7.20. The van der Waals surface area contributed by atoms with Crippen molar-refractivity contribution in [2.45, 2.75) is 34.1 Å². The van der Waals surface area contributed by atoms with E-state index < -0.39 is 10.2 Å². The van der Waals surface area contributed by atoms with Gasteiger partial charge in [-0.25, -0.2) is 0 Å². The highest BCUT2D eigenvalue weighted by atomic mass is 32.2. The Hall–Kier alpha value is -0.170. The van der Waals surface area contributed by atoms with Gasteiger partial charge >= 0.3 is 10.2 Å². The van der Waals surface area contributed by atoms with Crippen LogP contribution in [0.25, 0.3) is 0 Å². The fourth-order valence-electron chi connectivity index (χ4n) is 2.13. The normalized spacial score (nSPS) is 27.6. The second-order valence-corrected chi connectivity index (χ2v) is 7.19. The van der Waals surface area contributed by atoms with Crippen LogP contribution in [0.2, 0.25) is 0 Å². The quantitative estimate of drug-likeness (QED) is 0.763. The minimum absolute atomic E-state index is 0.303. The number of nitrogens with one attached hydrogen (secondary N) is 1. The van der Waals surface area contributed by atoms with Gasteiger partial charge in [0.1, 0.15) is 0 Å². The van der Waals surface area contributed by atoms with Gasteiger partial charge in [-0.3, -0.25) is 4.84 Å². The van der Waals surface area contributed by atoms with Crippen molar-refractivity contribution in [1.29, 1.82) is 0 Å². The Kier molecular flexibility index (Phi) is 5.37. The molecule has 1 fully saturated rings. The molecule has 1 N–H and O–H groups in total. The Morgan fingerprint density at radius 1 is 1.29 bits per heavy atom. The molecular formula is C11H24N2O3S. The minimum atomic E-state index is -3.48. The average Bonchev–Trinajstić information content (AvgIpc) is 2.14. The average molecular weight is 264 g/mol. The van der Waals surface area contributed by atoms with E-state index in [0.717, 1.165) is 6.42 Å². The minimum Gasteiger partial charge on any atom is -0.286 e. The zero-order chi connectivity index (χ0) is 13.1. The number of rotatable bonds is 5. The van der Waals surface area contributed by atoms with E-state index in [2.05, 4.69) is 18.7 Å². The Morgan fingerprint density at radius 2 is 1.82 bits per heavy atom. The monoisotopic (exact) mass is 264 g/mol. The summed E-state index contributed by atoms with van der Waals surface area (Å²) in [7, 11) is -3.48. The smallest absolute Gasteiger partial charge is 0.286 e. The maximum atomic E-state index is 11.9. The van der Waals surface area contributed by atoms with Crippen molar-refractivity contribution in [2.24, 2.45) is 17.8 Å². The first-order valence-corrected chi connectivity index (χ1v) is 7.64. The number of hydrogen-bond acceptors (Lipinski definition) is 3. The molecule has 17 heavy (non-hydrogen) atoms. The van der Waals surface area contributed by atoms with Crippen LogP contribution in [-0.4, -0.2) is 32.4 Å². The molecule has 0 spiro atoms. The largest absolute Gasteiger partial charge is 0.301 e. The first kappa shape index (κ1) is 14.9. The van der Waals surface area contributed by atoms with Gasteiger partial charge < -0.3 is 0 Å². The van der Waals surface area contributed by atoms with Gasteiger partial charge in [0.25, 0.3) is 0 Å². The molecule has 2 unspecified atom stereocenters. The molecule has 1 rings (SSSR count). The Morgan fingerprint density at radius 3 is 2.29 bits per heavy atom. The summed E-state index contributed by atoms with van der Waals surface area (Å²) >= 11 is 0. The van der Waals surface area contributed by atoms with Gasteiger partial charge in [-0.15, -0.1) is 0 Å². The van der Waals surface area contributed by atoms with E-state index in [0.29, 0.717) is 37.5 Å². The van der Waals surface area contributed by atoms with Crippen LogP contribution in [0.4, 0.5) is 0 Å². The molecule has 2 atom stereocenters. The van der Waals surface area contributed by atoms with Crippen molar-refractivity contribution in [3.8, 4) is 0 Å². The van der Waals surface area contributed by atoms with Gasteiger partial charge in [-0.05, 0) is 24.2 Å². The van der Waals surface area contributed by atoms with Crippen LogP contribution in [0.5, 0.6) is 0 Å². The maximum absolute atomic E-state index is 11.9. The van der Waals surface area contributed by atoms with Crippen molar-refractivity contribution in [3.05, 3.63) is 0 Å². The predicted molar refractivity (Wildman–Crippen MR) is 67.4 cm³/mol. The third-order valence-electron chi connectivity index (χ3n) is 2.76. The van der Waals surface area contributed by atoms with E-state index in [1.165, 1.54) is 4.31 Å². The summed E-state index contributed by atoms with van der Waals surface area (Å²) in [5.74, 6) is 1.11. The summed E-state index contributed by atoms with van der Waals surface area (Å²) in [6.07, 6.45) is 1.08. The van der Waals surface area contributed by atoms with E-state index in [1.807, 2.05) is 13.8 Å². The second kappa shape index (κ2) is 6.13. The number of piperidine rings is 1. The van der Waals surface area contributed by atoms with E-state index >= 15 is 0 Å². The van der Waals surface area contributed by atoms with E-state index in [4.69, 9.17) is 4.84 Å². The fourth-order valence-corrected chi connectivity index (χ4v) is 3.35. The van der Waals surface area contributed by atoms with E-state index in [9.17, 15) is 8.42 Å². The molecule has 5 nitrogen and oxygen atoms in total. The first-order valence-electron chi connectivity index (χ1n) is 6.20. The topological polar surface area (TPSA) is 58.6 Å². The first-order chi connectivity index (χ1) is 7.81. The van der Waals surface area contributed by atoms with Crippen LogP contribution in [0.3, 0.4) is 0 Å². The number of nitrogens with zero attached hydrogens (tertiary/aromatic N) is 1. The van der Waals surface area contributed by atoms with Gasteiger partial charge in [0.05, 0.1) is 6.61 Å². The zero-order valence-corrected chi connectivity index (χ0v) is 12.0. The molecule has 0 aliphatic carbocycles. The highest BCUT2D eigenvalue weighted by molar-refractivity contribution is 7.87. The maximum Gasteiger partial charge on any atom is 0.301 e. The third kappa shape index (κ3) is 4.91. The van der Waals surface area contributed by atoms with Crippen LogP contribution in [0.1, 0.15) is 34.1 Å². The summed E-state index contributed by atoms with van der Waals surface area (Å²) in [6, 6.07) is 0. The molecule has 1 heterocycles. The van der Waals surface area contributed by atoms with Gasteiger partial charge in [-0.1, -0.05) is 32.6 Å². The molecule has 0 saturated carbocycles. The van der Waals surface area contributed by atoms with Crippen molar-refractivity contribution in [2.75, 3.05) is 19.7 Å². The molecule has 0 bridgehead atoms. The molecule has 0 radical (unpaired) electrons. The van der Waals surface area contributed by atoms with Gasteiger partial charge in [0.2, 0.25) is 0 Å². The van der Waals surface area contributed by atoms with Crippen LogP contribution in [0, 0.1) is 17.8 Å². The molecule has 0 aromatic rings. The molecule has 0 aromatic carbocycles. The summed E-state index contributed by atoms with van der Waals surface area (Å²) in [5, 5.41) is 0. The Bertz CT molecular complexity index is 320. The highest BCUT2D eigenvalue weighted by Gasteiger charge is 2.30. The van der Waals surface area contributed by atoms with Gasteiger partial charge in [-0.2, -0.15) is 12.7 Å². The Labute approximate surface area is 105 Å². The fraction of sp³-hybridized carbons (Fsp3) is 1.00. The van der Waals surface area contributed by atoms with Crippen LogP contribution in [-0.2, 0) is 15.0 Å². The van der Waals surface area contributed by atoms with Crippen molar-refractivity contribution >= 4 is 10.2 Å². The van der Waals surface area contributed by atoms with Crippen molar-refractivity contribution < 1.29 is 13.3 Å². The lowest BCUT2D eigenvalue weighted by Crippen LogP contribution is -2.48. The molecular weight excluding hydrogens is 240 g/mol. The summed E-state index contributed by atoms with van der Waals surface area (Å²) < 4.78 is 25.4. The zero-order valence-electron chi connectivity index (χ0n) is 11.1. The van der Waals surface area contributed by atoms with E-state index in [1.54, 1.807) is 0 Å². The summed E-state index contributed by atoms with van der Waals surface area (Å²) in [6.45, 7) is 9.63. The van der Waals surface area contributed by atoms with Crippen LogP contribution < -0.4 is 4.89 Å². The molecule has 102 valence electrons. The molecule has 6 heteroatoms. The number of hydrogen-bond donors (Lipinski definition) is 1. The van der Waals surface area contributed by atoms with E-state index in [-0.39, 0.29) is 0 Å². The Balaban J connectivity index is 2.51. The molecule has 0 aromatic heterocycles. The lowest BCUT2D eigenvalue weighted by Gasteiger charge is -2.33. The molecule has 1 saturated heterocycles. The van der Waals surface area contributed by atoms with Crippen LogP contribution >= 0.6 is 0 Å².